The van der Waals surface area contributed by atoms with Crippen molar-refractivity contribution in [3.63, 3.8) is 0 Å². The zero-order chi connectivity index (χ0) is 25.3. The highest BCUT2D eigenvalue weighted by molar-refractivity contribution is 8.00. The number of aromatic amines is 1. The van der Waals surface area contributed by atoms with Crippen LogP contribution in [0.5, 0.6) is 5.75 Å². The van der Waals surface area contributed by atoms with Crippen LogP contribution in [0.4, 0.5) is 0 Å². The maximum atomic E-state index is 13.6. The minimum Gasteiger partial charge on any atom is -0.495 e. The van der Waals surface area contributed by atoms with Crippen molar-refractivity contribution in [3.8, 4) is 11.4 Å². The highest BCUT2D eigenvalue weighted by Crippen LogP contribution is 2.31. The summed E-state index contributed by atoms with van der Waals surface area (Å²) in [6, 6.07) is 14.2. The number of nitrogens with one attached hydrogen (secondary N) is 1. The van der Waals surface area contributed by atoms with Crippen LogP contribution in [0.2, 0.25) is 0 Å². The number of H-pyrrole nitrogens is 1. The van der Waals surface area contributed by atoms with Crippen LogP contribution in [0.3, 0.4) is 0 Å². The number of Topliss-reactive ketones (excluding diaryl/α,β-unsaturated/α-hetero) is 1. The highest BCUT2D eigenvalue weighted by atomic mass is 32.2. The first-order valence-electron chi connectivity index (χ1n) is 10.9. The molecule has 9 heteroatoms. The van der Waals surface area contributed by atoms with Crippen LogP contribution < -0.4 is 10.3 Å². The number of ketones is 1. The van der Waals surface area contributed by atoms with Gasteiger partial charge in [0, 0.05) is 5.69 Å². The minimum absolute atomic E-state index is 0.222. The van der Waals surface area contributed by atoms with Gasteiger partial charge in [0.05, 0.1) is 47.3 Å². The molecule has 0 radical (unpaired) electrons. The third-order valence-electron chi connectivity index (χ3n) is 5.80. The highest BCUT2D eigenvalue weighted by Gasteiger charge is 2.27. The van der Waals surface area contributed by atoms with Gasteiger partial charge in [0.25, 0.3) is 5.56 Å². The van der Waals surface area contributed by atoms with Gasteiger partial charge in [0.15, 0.2) is 10.9 Å². The van der Waals surface area contributed by atoms with E-state index in [2.05, 4.69) is 4.98 Å². The van der Waals surface area contributed by atoms with E-state index in [0.717, 1.165) is 11.8 Å². The number of ether oxygens (including phenoxy) is 2. The minimum atomic E-state index is -0.619. The molecule has 8 nitrogen and oxygen atoms in total. The number of fused-ring (bicyclic) bond motifs is 1. The number of carbonyl (C=O) groups excluding carboxylic acids is 2. The Balaban J connectivity index is 1.81. The molecular weight excluding hydrogens is 466 g/mol. The zero-order valence-corrected chi connectivity index (χ0v) is 20.9. The van der Waals surface area contributed by atoms with Gasteiger partial charge in [-0.1, -0.05) is 36.0 Å². The molecule has 4 aromatic rings. The molecule has 0 spiro atoms. The Bertz CT molecular complexity index is 1500. The average molecular weight is 492 g/mol. The molecule has 1 N–H and O–H groups in total. The van der Waals surface area contributed by atoms with E-state index >= 15 is 0 Å². The van der Waals surface area contributed by atoms with E-state index in [1.54, 1.807) is 51.1 Å². The van der Waals surface area contributed by atoms with Crippen molar-refractivity contribution in [1.29, 1.82) is 0 Å². The molecule has 35 heavy (non-hydrogen) atoms. The van der Waals surface area contributed by atoms with Gasteiger partial charge < -0.3 is 14.5 Å². The largest absolute Gasteiger partial charge is 0.495 e. The summed E-state index contributed by atoms with van der Waals surface area (Å²) in [6.07, 6.45) is 0. The molecule has 1 unspecified atom stereocenters. The number of esters is 1. The van der Waals surface area contributed by atoms with Crippen LogP contribution in [-0.2, 0) is 4.74 Å². The second-order valence-corrected chi connectivity index (χ2v) is 9.27. The fourth-order valence-corrected chi connectivity index (χ4v) is 5.02. The fraction of sp³-hybridized carbons (Fsp3) is 0.231. The summed E-state index contributed by atoms with van der Waals surface area (Å²) in [5.41, 5.74) is 2.57. The molecule has 1 atom stereocenters. The maximum Gasteiger partial charge on any atom is 0.339 e. The summed E-state index contributed by atoms with van der Waals surface area (Å²) in [5.74, 6) is -0.220. The molecule has 0 saturated heterocycles. The Hall–Kier alpha value is -3.85. The monoisotopic (exact) mass is 491 g/mol. The maximum absolute atomic E-state index is 13.6. The first-order chi connectivity index (χ1) is 16.8. The Labute approximate surface area is 206 Å². The fourth-order valence-electron chi connectivity index (χ4n) is 4.04. The summed E-state index contributed by atoms with van der Waals surface area (Å²) < 4.78 is 11.8. The second kappa shape index (κ2) is 9.79. The lowest BCUT2D eigenvalue weighted by Crippen LogP contribution is -2.24. The summed E-state index contributed by atoms with van der Waals surface area (Å²) in [4.78, 5) is 46.9. The van der Waals surface area contributed by atoms with E-state index in [1.165, 1.54) is 18.8 Å². The quantitative estimate of drug-likeness (QED) is 0.176. The van der Waals surface area contributed by atoms with Crippen molar-refractivity contribution in [2.45, 2.75) is 31.2 Å². The second-order valence-electron chi connectivity index (χ2n) is 7.96. The first-order valence-corrected chi connectivity index (χ1v) is 11.8. The van der Waals surface area contributed by atoms with Crippen LogP contribution >= 0.6 is 11.8 Å². The Morgan fingerprint density at radius 1 is 1.06 bits per heavy atom. The van der Waals surface area contributed by atoms with Crippen LogP contribution in [0.25, 0.3) is 16.6 Å². The van der Waals surface area contributed by atoms with Crippen molar-refractivity contribution in [3.05, 3.63) is 81.4 Å². The lowest BCUT2D eigenvalue weighted by molar-refractivity contribution is 0.0599. The molecule has 4 rings (SSSR count). The number of carbonyl (C=O) groups is 2. The SMILES string of the molecule is COC(=O)c1c(C)[nH]c(C(=O)C(C)Sc2nc3ccccc3c(=O)n2-c2ccccc2OC)c1C. The third kappa shape index (κ3) is 4.35. The van der Waals surface area contributed by atoms with E-state index in [1.807, 2.05) is 18.2 Å². The smallest absolute Gasteiger partial charge is 0.339 e. The summed E-state index contributed by atoms with van der Waals surface area (Å²) in [5, 5.41) is 0.194. The lowest BCUT2D eigenvalue weighted by Gasteiger charge is -2.17. The van der Waals surface area contributed by atoms with E-state index in [4.69, 9.17) is 14.5 Å². The van der Waals surface area contributed by atoms with Crippen LogP contribution in [0.1, 0.15) is 39.0 Å². The molecule has 180 valence electrons. The predicted octanol–water partition coefficient (Wildman–Crippen LogP) is 4.49. The van der Waals surface area contributed by atoms with Crippen molar-refractivity contribution in [1.82, 2.24) is 14.5 Å². The average Bonchev–Trinajstić information content (AvgIpc) is 3.16. The number of methoxy groups -OCH3 is 2. The number of aromatic nitrogens is 3. The van der Waals surface area contributed by atoms with Gasteiger partial charge in [-0.15, -0.1) is 0 Å². The number of rotatable bonds is 7. The van der Waals surface area contributed by atoms with E-state index in [-0.39, 0.29) is 11.3 Å². The predicted molar refractivity (Wildman–Crippen MR) is 135 cm³/mol. The Morgan fingerprint density at radius 2 is 1.74 bits per heavy atom. The zero-order valence-electron chi connectivity index (χ0n) is 20.0. The van der Waals surface area contributed by atoms with Gasteiger partial charge in [-0.25, -0.2) is 9.78 Å². The van der Waals surface area contributed by atoms with Crippen molar-refractivity contribution in [2.75, 3.05) is 14.2 Å². The Kier molecular flexibility index (Phi) is 6.79. The van der Waals surface area contributed by atoms with Crippen LogP contribution in [-0.4, -0.2) is 45.8 Å². The van der Waals surface area contributed by atoms with Crippen LogP contribution in [0.15, 0.2) is 58.5 Å². The molecule has 2 aromatic heterocycles. The number of para-hydroxylation sites is 3. The molecule has 2 heterocycles. The molecule has 0 bridgehead atoms. The summed E-state index contributed by atoms with van der Waals surface area (Å²) >= 11 is 1.16. The third-order valence-corrected chi connectivity index (χ3v) is 6.85. The molecule has 0 aliphatic rings. The molecule has 2 aromatic carbocycles. The molecule has 0 fully saturated rings. The van der Waals surface area contributed by atoms with Gasteiger partial charge in [0.1, 0.15) is 5.75 Å². The summed E-state index contributed by atoms with van der Waals surface area (Å²) in [7, 11) is 2.84. The van der Waals surface area contributed by atoms with Crippen molar-refractivity contribution in [2.24, 2.45) is 0 Å². The van der Waals surface area contributed by atoms with E-state index in [9.17, 15) is 14.4 Å². The standard InChI is InChI=1S/C26H25N3O5S/c1-14-21(25(32)34-5)15(2)27-22(14)23(30)16(3)35-26-28-18-11-7-6-10-17(18)24(31)29(26)19-12-8-9-13-20(19)33-4/h6-13,16,27H,1-5H3. The number of hydrogen-bond acceptors (Lipinski definition) is 7. The molecule has 0 aliphatic carbocycles. The van der Waals surface area contributed by atoms with Gasteiger partial charge in [-0.3, -0.25) is 14.2 Å². The Morgan fingerprint density at radius 3 is 2.46 bits per heavy atom. The molecular formula is C26H25N3O5S. The van der Waals surface area contributed by atoms with Crippen molar-refractivity contribution < 1.29 is 19.1 Å². The number of nitrogens with zero attached hydrogens (tertiary/aromatic N) is 2. The van der Waals surface area contributed by atoms with Gasteiger partial charge in [-0.2, -0.15) is 0 Å². The summed E-state index contributed by atoms with van der Waals surface area (Å²) in [6.45, 7) is 5.17. The lowest BCUT2D eigenvalue weighted by atomic mass is 10.1. The molecule has 0 amide bonds. The van der Waals surface area contributed by atoms with Crippen molar-refractivity contribution >= 4 is 34.4 Å². The van der Waals surface area contributed by atoms with Gasteiger partial charge in [0.2, 0.25) is 0 Å². The number of benzene rings is 2. The number of thioether (sulfide) groups is 1. The number of hydrogen-bond donors (Lipinski definition) is 1. The van der Waals surface area contributed by atoms with E-state index < -0.39 is 11.2 Å². The molecule has 0 aliphatic heterocycles. The van der Waals surface area contributed by atoms with Crippen LogP contribution in [0, 0.1) is 13.8 Å². The number of aryl methyl sites for hydroxylation is 1. The first kappa shape index (κ1) is 24.3. The van der Waals surface area contributed by atoms with Gasteiger partial charge in [-0.05, 0) is 50.6 Å². The topological polar surface area (TPSA) is 103 Å². The molecule has 0 saturated carbocycles. The normalized spacial score (nSPS) is 11.9. The van der Waals surface area contributed by atoms with Gasteiger partial charge >= 0.3 is 5.97 Å². The van der Waals surface area contributed by atoms with E-state index in [0.29, 0.717) is 50.0 Å².